The Morgan fingerprint density at radius 2 is 2.10 bits per heavy atom. The lowest BCUT2D eigenvalue weighted by molar-refractivity contribution is -0.141. The fraction of sp³-hybridized carbons (Fsp3) is 0.571. The average molecular weight is 295 g/mol. The van der Waals surface area contributed by atoms with E-state index in [2.05, 4.69) is 10.4 Å². The van der Waals surface area contributed by atoms with Gasteiger partial charge in [-0.1, -0.05) is 20.3 Å². The number of carboxylic acids is 1. The number of hydrogen-bond donors (Lipinski definition) is 2. The normalized spacial score (nSPS) is 11.9. The highest BCUT2D eigenvalue weighted by Crippen LogP contribution is 2.01. The van der Waals surface area contributed by atoms with E-state index < -0.39 is 17.8 Å². The molecular formula is C14H21N3O4. The first-order chi connectivity index (χ1) is 9.99. The van der Waals surface area contributed by atoms with Crippen molar-refractivity contribution < 1.29 is 14.7 Å². The Morgan fingerprint density at radius 3 is 2.67 bits per heavy atom. The van der Waals surface area contributed by atoms with Crippen LogP contribution in [0.5, 0.6) is 0 Å². The van der Waals surface area contributed by atoms with Gasteiger partial charge in [0.2, 0.25) is 0 Å². The molecule has 1 heterocycles. The molecule has 0 bridgehead atoms. The minimum Gasteiger partial charge on any atom is -0.481 e. The van der Waals surface area contributed by atoms with Crippen molar-refractivity contribution >= 4 is 11.9 Å². The van der Waals surface area contributed by atoms with E-state index in [1.54, 1.807) is 6.92 Å². The predicted molar refractivity (Wildman–Crippen MR) is 77.2 cm³/mol. The Hall–Kier alpha value is -2.18. The van der Waals surface area contributed by atoms with Crippen LogP contribution in [0.4, 0.5) is 0 Å². The van der Waals surface area contributed by atoms with Crippen molar-refractivity contribution in [2.45, 2.75) is 39.7 Å². The number of carboxylic acid groups (broad SMARTS) is 1. The van der Waals surface area contributed by atoms with Gasteiger partial charge in [-0.2, -0.15) is 5.10 Å². The van der Waals surface area contributed by atoms with Crippen LogP contribution in [0.15, 0.2) is 16.9 Å². The van der Waals surface area contributed by atoms with Gasteiger partial charge < -0.3 is 10.4 Å². The highest BCUT2D eigenvalue weighted by atomic mass is 16.4. The van der Waals surface area contributed by atoms with Crippen LogP contribution >= 0.6 is 0 Å². The first-order valence-electron chi connectivity index (χ1n) is 7.08. The zero-order chi connectivity index (χ0) is 15.8. The molecule has 0 aliphatic heterocycles. The zero-order valence-corrected chi connectivity index (χ0v) is 12.3. The summed E-state index contributed by atoms with van der Waals surface area (Å²) in [6, 6.07) is 2.65. The maximum absolute atomic E-state index is 11.9. The Labute approximate surface area is 123 Å². The Kier molecular flexibility index (Phi) is 6.58. The number of nitrogens with one attached hydrogen (secondary N) is 1. The molecule has 0 aliphatic carbocycles. The molecule has 1 rings (SSSR count). The third-order valence-corrected chi connectivity index (χ3v) is 3.17. The van der Waals surface area contributed by atoms with Crippen molar-refractivity contribution in [1.82, 2.24) is 15.1 Å². The standard InChI is InChI=1S/C14H21N3O4/c1-3-5-8-17-12(18)7-6-11(16-17)13(19)15-9-10(4-2)14(20)21/h6-7,10H,3-5,8-9H2,1-2H3,(H,15,19)(H,20,21). The number of carbonyl (C=O) groups is 2. The number of amides is 1. The second kappa shape index (κ2) is 8.18. The van der Waals surface area contributed by atoms with E-state index in [1.165, 1.54) is 16.8 Å². The predicted octanol–water partition coefficient (Wildman–Crippen LogP) is 0.884. The molecule has 0 aliphatic rings. The maximum atomic E-state index is 11.9. The summed E-state index contributed by atoms with van der Waals surface area (Å²) in [5.41, 5.74) is -0.136. The average Bonchev–Trinajstić information content (AvgIpc) is 2.46. The molecule has 1 aromatic rings. The second-order valence-electron chi connectivity index (χ2n) is 4.79. The van der Waals surface area contributed by atoms with Crippen LogP contribution in [0.3, 0.4) is 0 Å². The molecule has 21 heavy (non-hydrogen) atoms. The molecule has 2 N–H and O–H groups in total. The summed E-state index contributed by atoms with van der Waals surface area (Å²) < 4.78 is 1.26. The molecule has 7 nitrogen and oxygen atoms in total. The number of aryl methyl sites for hydroxylation is 1. The summed E-state index contributed by atoms with van der Waals surface area (Å²) in [5, 5.41) is 15.5. The van der Waals surface area contributed by atoms with E-state index in [-0.39, 0.29) is 17.8 Å². The number of hydrogen-bond acceptors (Lipinski definition) is 4. The molecule has 1 atom stereocenters. The third kappa shape index (κ3) is 5.02. The molecule has 0 saturated carbocycles. The maximum Gasteiger partial charge on any atom is 0.308 e. The van der Waals surface area contributed by atoms with E-state index in [4.69, 9.17) is 5.11 Å². The van der Waals surface area contributed by atoms with Gasteiger partial charge in [0, 0.05) is 19.2 Å². The van der Waals surface area contributed by atoms with Crippen molar-refractivity contribution in [2.24, 2.45) is 5.92 Å². The topological polar surface area (TPSA) is 101 Å². The smallest absolute Gasteiger partial charge is 0.308 e. The van der Waals surface area contributed by atoms with Gasteiger partial charge in [-0.25, -0.2) is 4.68 Å². The van der Waals surface area contributed by atoms with Crippen molar-refractivity contribution in [2.75, 3.05) is 6.54 Å². The molecule has 1 amide bonds. The van der Waals surface area contributed by atoms with Crippen LogP contribution in [0, 0.1) is 5.92 Å². The molecule has 0 radical (unpaired) electrons. The lowest BCUT2D eigenvalue weighted by Gasteiger charge is -2.11. The Bertz CT molecular complexity index is 553. The number of aliphatic carboxylic acids is 1. The van der Waals surface area contributed by atoms with Gasteiger partial charge in [-0.05, 0) is 18.9 Å². The highest BCUT2D eigenvalue weighted by Gasteiger charge is 2.17. The Morgan fingerprint density at radius 1 is 1.38 bits per heavy atom. The van der Waals surface area contributed by atoms with Crippen LogP contribution in [0.25, 0.3) is 0 Å². The van der Waals surface area contributed by atoms with E-state index in [1.807, 2.05) is 6.92 Å². The van der Waals surface area contributed by atoms with Crippen molar-refractivity contribution in [3.05, 3.63) is 28.2 Å². The minimum atomic E-state index is -0.946. The second-order valence-corrected chi connectivity index (χ2v) is 4.79. The Balaban J connectivity index is 2.74. The van der Waals surface area contributed by atoms with E-state index in [9.17, 15) is 14.4 Å². The largest absolute Gasteiger partial charge is 0.481 e. The van der Waals surface area contributed by atoms with Gasteiger partial charge in [0.05, 0.1) is 5.92 Å². The van der Waals surface area contributed by atoms with Crippen molar-refractivity contribution in [1.29, 1.82) is 0 Å². The first kappa shape index (κ1) is 16.9. The van der Waals surface area contributed by atoms with Crippen LogP contribution < -0.4 is 10.9 Å². The van der Waals surface area contributed by atoms with Crippen molar-refractivity contribution in [3.8, 4) is 0 Å². The first-order valence-corrected chi connectivity index (χ1v) is 7.08. The summed E-state index contributed by atoms with van der Waals surface area (Å²) in [5.74, 6) is -2.04. The number of carbonyl (C=O) groups excluding carboxylic acids is 1. The highest BCUT2D eigenvalue weighted by molar-refractivity contribution is 5.92. The number of nitrogens with zero attached hydrogens (tertiary/aromatic N) is 2. The lowest BCUT2D eigenvalue weighted by atomic mass is 10.1. The van der Waals surface area contributed by atoms with Crippen LogP contribution in [0.1, 0.15) is 43.6 Å². The molecular weight excluding hydrogens is 274 g/mol. The summed E-state index contributed by atoms with van der Waals surface area (Å²) in [4.78, 5) is 34.4. The van der Waals surface area contributed by atoms with Crippen LogP contribution in [0.2, 0.25) is 0 Å². The summed E-state index contributed by atoms with van der Waals surface area (Å²) >= 11 is 0. The zero-order valence-electron chi connectivity index (χ0n) is 12.3. The summed E-state index contributed by atoms with van der Waals surface area (Å²) in [7, 11) is 0. The minimum absolute atomic E-state index is 0.0421. The molecule has 1 unspecified atom stereocenters. The van der Waals surface area contributed by atoms with Gasteiger partial charge in [-0.15, -0.1) is 0 Å². The molecule has 0 aromatic carbocycles. The van der Waals surface area contributed by atoms with Gasteiger partial charge >= 0.3 is 5.97 Å². The van der Waals surface area contributed by atoms with Gasteiger partial charge in [-0.3, -0.25) is 14.4 Å². The SMILES string of the molecule is CCCCn1nc(C(=O)NCC(CC)C(=O)O)ccc1=O. The number of unbranched alkanes of at least 4 members (excludes halogenated alkanes) is 1. The molecule has 116 valence electrons. The van der Waals surface area contributed by atoms with Gasteiger partial charge in [0.15, 0.2) is 0 Å². The molecule has 7 heteroatoms. The van der Waals surface area contributed by atoms with Crippen LogP contribution in [-0.4, -0.2) is 33.3 Å². The fourth-order valence-electron chi connectivity index (χ4n) is 1.75. The fourth-order valence-corrected chi connectivity index (χ4v) is 1.75. The van der Waals surface area contributed by atoms with Crippen molar-refractivity contribution in [3.63, 3.8) is 0 Å². The molecule has 0 fully saturated rings. The monoisotopic (exact) mass is 295 g/mol. The molecule has 1 aromatic heterocycles. The van der Waals surface area contributed by atoms with Crippen LogP contribution in [-0.2, 0) is 11.3 Å². The van der Waals surface area contributed by atoms with E-state index in [0.717, 1.165) is 12.8 Å². The van der Waals surface area contributed by atoms with Gasteiger partial charge in [0.1, 0.15) is 5.69 Å². The number of rotatable bonds is 8. The number of aromatic nitrogens is 2. The lowest BCUT2D eigenvalue weighted by Crippen LogP contribution is -2.34. The molecule has 0 spiro atoms. The summed E-state index contributed by atoms with van der Waals surface area (Å²) in [6.45, 7) is 4.25. The van der Waals surface area contributed by atoms with E-state index in [0.29, 0.717) is 13.0 Å². The van der Waals surface area contributed by atoms with Gasteiger partial charge in [0.25, 0.3) is 11.5 Å². The quantitative estimate of drug-likeness (QED) is 0.741. The summed E-state index contributed by atoms with van der Waals surface area (Å²) in [6.07, 6.45) is 2.15. The van der Waals surface area contributed by atoms with E-state index >= 15 is 0 Å². The molecule has 0 saturated heterocycles. The third-order valence-electron chi connectivity index (χ3n) is 3.17.